The van der Waals surface area contributed by atoms with E-state index in [0.717, 1.165) is 18.4 Å². The van der Waals surface area contributed by atoms with Crippen LogP contribution in [0.15, 0.2) is 32.9 Å². The van der Waals surface area contributed by atoms with E-state index >= 15 is 0 Å². The van der Waals surface area contributed by atoms with Crippen LogP contribution in [0.3, 0.4) is 0 Å². The van der Waals surface area contributed by atoms with Gasteiger partial charge in [-0.15, -0.1) is 0 Å². The van der Waals surface area contributed by atoms with Crippen molar-refractivity contribution >= 4 is 29.6 Å². The van der Waals surface area contributed by atoms with E-state index in [0.29, 0.717) is 0 Å². The Bertz CT molecular complexity index is 573. The van der Waals surface area contributed by atoms with Crippen molar-refractivity contribution in [1.29, 1.82) is 0 Å². The van der Waals surface area contributed by atoms with Crippen LogP contribution in [-0.2, 0) is 19.0 Å². The number of hydrogen-bond acceptors (Lipinski definition) is 3. The summed E-state index contributed by atoms with van der Waals surface area (Å²) in [5, 5.41) is 0. The highest BCUT2D eigenvalue weighted by atomic mass is 35.7. The predicted octanol–water partition coefficient (Wildman–Crippen LogP) is 1.77. The van der Waals surface area contributed by atoms with Crippen LogP contribution in [0.1, 0.15) is 0 Å². The second-order valence-corrected chi connectivity index (χ2v) is 7.41. The quantitative estimate of drug-likeness (QED) is 0.770. The van der Waals surface area contributed by atoms with Crippen LogP contribution >= 0.6 is 10.7 Å². The topological polar surface area (TPSA) is 63.6 Å². The Morgan fingerprint density at radius 1 is 1.20 bits per heavy atom. The Kier molecular flexibility index (Phi) is 3.37. The van der Waals surface area contributed by atoms with Gasteiger partial charge in [0.2, 0.25) is 0 Å². The maximum atomic E-state index is 12.5. The molecule has 4 nitrogen and oxygen atoms in total. The normalized spacial score (nSPS) is 15.7. The third kappa shape index (κ3) is 3.77. The summed E-state index contributed by atoms with van der Waals surface area (Å²) >= 11 is 0. The van der Waals surface area contributed by atoms with Crippen molar-refractivity contribution in [3.05, 3.63) is 30.1 Å². The molecule has 0 aromatic heterocycles. The number of halogens is 2. The lowest BCUT2D eigenvalue weighted by Crippen LogP contribution is -2.00. The van der Waals surface area contributed by atoms with Crippen LogP contribution in [0.2, 0.25) is 0 Å². The van der Waals surface area contributed by atoms with Gasteiger partial charge in [0.15, 0.2) is 0 Å². The zero-order chi connectivity index (χ0) is 11.7. The number of nitrogens with zero attached hydrogens (tertiary/aromatic N) is 1. The molecule has 0 bridgehead atoms. The zero-order valence-corrected chi connectivity index (χ0v) is 9.94. The van der Waals surface area contributed by atoms with Gasteiger partial charge in [-0.2, -0.15) is 8.42 Å². The maximum Gasteiger partial charge on any atom is 0.347 e. The fourth-order valence-electron chi connectivity index (χ4n) is 0.900. The van der Waals surface area contributed by atoms with Crippen LogP contribution in [0.5, 0.6) is 0 Å². The van der Waals surface area contributed by atoms with Crippen molar-refractivity contribution in [2.45, 2.75) is 4.90 Å². The lowest BCUT2D eigenvalue weighted by atomic mass is 10.4. The van der Waals surface area contributed by atoms with E-state index in [9.17, 15) is 17.0 Å². The largest absolute Gasteiger partial charge is 0.347 e. The van der Waals surface area contributed by atoms with Gasteiger partial charge in [-0.25, -0.2) is 8.60 Å². The molecule has 0 N–H and O–H groups in total. The molecule has 0 spiro atoms. The molecule has 15 heavy (non-hydrogen) atoms. The van der Waals surface area contributed by atoms with Crippen molar-refractivity contribution in [3.63, 3.8) is 0 Å². The van der Waals surface area contributed by atoms with E-state index in [1.54, 1.807) is 0 Å². The molecule has 0 fully saturated rings. The molecule has 1 unspecified atom stereocenters. The van der Waals surface area contributed by atoms with Crippen LogP contribution < -0.4 is 0 Å². The van der Waals surface area contributed by atoms with Crippen molar-refractivity contribution in [2.75, 3.05) is 6.26 Å². The minimum absolute atomic E-state index is 0.105. The number of benzene rings is 1. The first kappa shape index (κ1) is 12.4. The molecule has 0 heterocycles. The summed E-state index contributed by atoms with van der Waals surface area (Å²) in [6, 6.07) is 4.52. The molecule has 0 saturated carbocycles. The highest BCUT2D eigenvalue weighted by Gasteiger charge is 2.11. The first-order valence-corrected chi connectivity index (χ1v) is 7.83. The fraction of sp³-hybridized carbons (Fsp3) is 0.143. The van der Waals surface area contributed by atoms with Gasteiger partial charge in [0, 0.05) is 21.8 Å². The molecular weight excluding hydrogens is 265 g/mol. The summed E-state index contributed by atoms with van der Waals surface area (Å²) in [7, 11) is -2.51. The Labute approximate surface area is 91.8 Å². The summed E-state index contributed by atoms with van der Waals surface area (Å²) in [5.74, 6) is -0.511. The maximum absolute atomic E-state index is 12.5. The van der Waals surface area contributed by atoms with Crippen molar-refractivity contribution in [2.24, 2.45) is 3.77 Å². The first-order valence-electron chi connectivity index (χ1n) is 3.64. The van der Waals surface area contributed by atoms with E-state index < -0.39 is 24.8 Å². The molecule has 0 saturated heterocycles. The molecule has 1 aromatic rings. The summed E-state index contributed by atoms with van der Waals surface area (Å²) in [4.78, 5) is 0.105. The summed E-state index contributed by atoms with van der Waals surface area (Å²) < 4.78 is 48.6. The van der Waals surface area contributed by atoms with Gasteiger partial charge >= 0.3 is 9.24 Å². The van der Waals surface area contributed by atoms with Gasteiger partial charge < -0.3 is 0 Å². The molecule has 0 aliphatic rings. The molecule has 0 aliphatic carbocycles. The lowest BCUT2D eigenvalue weighted by molar-refractivity contribution is 0.611. The third-order valence-corrected chi connectivity index (χ3v) is 4.99. The second-order valence-electron chi connectivity index (χ2n) is 2.74. The van der Waals surface area contributed by atoms with Crippen LogP contribution in [0, 0.1) is 5.82 Å². The fourth-order valence-corrected chi connectivity index (χ4v) is 4.21. The van der Waals surface area contributed by atoms with E-state index in [-0.39, 0.29) is 4.90 Å². The van der Waals surface area contributed by atoms with Gasteiger partial charge in [0.05, 0.1) is 9.73 Å². The summed E-state index contributed by atoms with van der Waals surface area (Å²) in [5.41, 5.74) is 0. The SMILES string of the molecule is CS(=O)(=NS(=O)(=O)Cl)c1ccc(F)cc1. The summed E-state index contributed by atoms with van der Waals surface area (Å²) in [6.45, 7) is 0. The van der Waals surface area contributed by atoms with Gasteiger partial charge in [0.25, 0.3) is 0 Å². The molecule has 0 aliphatic heterocycles. The highest BCUT2D eigenvalue weighted by Crippen LogP contribution is 2.15. The van der Waals surface area contributed by atoms with Crippen LogP contribution in [0.25, 0.3) is 0 Å². The molecule has 1 rings (SSSR count). The molecule has 1 aromatic carbocycles. The Hall–Kier alpha value is -0.660. The molecule has 0 amide bonds. The average Bonchev–Trinajstić information content (AvgIpc) is 2.00. The lowest BCUT2D eigenvalue weighted by Gasteiger charge is -2.01. The van der Waals surface area contributed by atoms with Gasteiger partial charge in [0.1, 0.15) is 5.82 Å². The minimum Gasteiger partial charge on any atom is -0.244 e. The van der Waals surface area contributed by atoms with E-state index in [2.05, 4.69) is 3.77 Å². The molecule has 1 atom stereocenters. The zero-order valence-electron chi connectivity index (χ0n) is 7.55. The minimum atomic E-state index is -4.21. The summed E-state index contributed by atoms with van der Waals surface area (Å²) in [6.07, 6.45) is 1.11. The smallest absolute Gasteiger partial charge is 0.244 e. The monoisotopic (exact) mass is 271 g/mol. The molecule has 84 valence electrons. The van der Waals surface area contributed by atoms with E-state index in [1.807, 2.05) is 0 Å². The average molecular weight is 272 g/mol. The van der Waals surface area contributed by atoms with Gasteiger partial charge in [-0.1, -0.05) is 3.77 Å². The second kappa shape index (κ2) is 4.07. The van der Waals surface area contributed by atoms with Crippen LogP contribution in [-0.4, -0.2) is 18.9 Å². The number of rotatable bonds is 2. The van der Waals surface area contributed by atoms with Gasteiger partial charge in [-0.05, 0) is 24.3 Å². The van der Waals surface area contributed by atoms with Crippen LogP contribution in [0.4, 0.5) is 4.39 Å². The third-order valence-electron chi connectivity index (χ3n) is 1.48. The van der Waals surface area contributed by atoms with E-state index in [4.69, 9.17) is 10.7 Å². The number of hydrogen-bond donors (Lipinski definition) is 0. The Morgan fingerprint density at radius 2 is 1.67 bits per heavy atom. The van der Waals surface area contributed by atoms with E-state index in [1.165, 1.54) is 12.1 Å². The molecule has 0 radical (unpaired) electrons. The van der Waals surface area contributed by atoms with Gasteiger partial charge in [-0.3, -0.25) is 0 Å². The Balaban J connectivity index is 3.36. The first-order chi connectivity index (χ1) is 6.71. The van der Waals surface area contributed by atoms with Crippen molar-refractivity contribution < 1.29 is 17.0 Å². The molecular formula is C7H7ClFNO3S2. The van der Waals surface area contributed by atoms with Crippen molar-refractivity contribution in [3.8, 4) is 0 Å². The standard InChI is InChI=1S/C7H7ClFNO3S2/c1-14(11,10-15(8,12)13)7-4-2-6(9)3-5-7/h2-5H,1H3. The highest BCUT2D eigenvalue weighted by molar-refractivity contribution is 8.17. The molecule has 8 heteroatoms. The Morgan fingerprint density at radius 3 is 2.07 bits per heavy atom. The van der Waals surface area contributed by atoms with Crippen molar-refractivity contribution in [1.82, 2.24) is 0 Å². The predicted molar refractivity (Wildman–Crippen MR) is 55.9 cm³/mol.